The summed E-state index contributed by atoms with van der Waals surface area (Å²) in [6, 6.07) is 13.3. The summed E-state index contributed by atoms with van der Waals surface area (Å²) in [5, 5.41) is 3.18. The zero-order chi connectivity index (χ0) is 25.8. The molecular formula is C29H36N2O6. The van der Waals surface area contributed by atoms with E-state index in [4.69, 9.17) is 18.9 Å². The normalized spacial score (nSPS) is 23.3. The Bertz CT molecular complexity index is 1130. The van der Waals surface area contributed by atoms with Gasteiger partial charge in [0.25, 0.3) is 0 Å². The van der Waals surface area contributed by atoms with Crippen LogP contribution in [-0.4, -0.2) is 62.8 Å². The Kier molecular flexibility index (Phi) is 7.67. The zero-order valence-corrected chi connectivity index (χ0v) is 21.7. The summed E-state index contributed by atoms with van der Waals surface area (Å²) in [5.74, 6) is 2.02. The van der Waals surface area contributed by atoms with Gasteiger partial charge in [0.15, 0.2) is 11.5 Å². The smallest absolute Gasteiger partial charge is 0.231 e. The second-order valence-corrected chi connectivity index (χ2v) is 10.4. The van der Waals surface area contributed by atoms with Crippen molar-refractivity contribution in [2.45, 2.75) is 57.3 Å². The molecule has 1 N–H and O–H groups in total. The lowest BCUT2D eigenvalue weighted by molar-refractivity contribution is -0.156. The number of carbonyl (C=O) groups excluding carboxylic acids is 2. The van der Waals surface area contributed by atoms with Gasteiger partial charge >= 0.3 is 0 Å². The van der Waals surface area contributed by atoms with Gasteiger partial charge in [-0.15, -0.1) is 0 Å². The number of fused-ring (bicyclic) bond motifs is 5. The number of piperidine rings is 1. The van der Waals surface area contributed by atoms with Gasteiger partial charge in [-0.3, -0.25) is 9.59 Å². The Morgan fingerprint density at radius 2 is 2.00 bits per heavy atom. The standard InChI is InChI=1S/C29H36N2O6/c1-34-19-29(12-4-13-29)28(33)31-14-11-24-23(17-31)30-27(32)10-8-20-7-9-25(35-2)26(16-20)37-22-6-3-5-21(15-22)18-36-24/h3,5-7,9,15-16,23-24H,4,8,10-14,17-19H2,1-2H3,(H,30,32)/t23-,24+/m1/s1. The van der Waals surface area contributed by atoms with Crippen LogP contribution in [-0.2, 0) is 32.1 Å². The molecule has 2 aromatic carbocycles. The molecule has 1 saturated heterocycles. The third kappa shape index (κ3) is 5.60. The van der Waals surface area contributed by atoms with Crippen LogP contribution in [0.1, 0.15) is 43.2 Å². The van der Waals surface area contributed by atoms with Crippen LogP contribution < -0.4 is 14.8 Å². The largest absolute Gasteiger partial charge is 0.493 e. The summed E-state index contributed by atoms with van der Waals surface area (Å²) in [4.78, 5) is 28.4. The molecule has 1 saturated carbocycles. The minimum absolute atomic E-state index is 0.0585. The number of likely N-dealkylation sites (tertiary alicyclic amines) is 1. The van der Waals surface area contributed by atoms with Crippen molar-refractivity contribution >= 4 is 11.8 Å². The Labute approximate surface area is 218 Å². The molecule has 2 fully saturated rings. The molecule has 2 atom stereocenters. The third-order valence-electron chi connectivity index (χ3n) is 7.83. The van der Waals surface area contributed by atoms with Gasteiger partial charge in [0.05, 0.1) is 37.9 Å². The summed E-state index contributed by atoms with van der Waals surface area (Å²) in [7, 11) is 3.26. The van der Waals surface area contributed by atoms with Crippen LogP contribution in [0.5, 0.6) is 17.2 Å². The number of carbonyl (C=O) groups is 2. The molecule has 0 spiro atoms. The topological polar surface area (TPSA) is 86.3 Å². The fourth-order valence-corrected chi connectivity index (χ4v) is 5.61. The van der Waals surface area contributed by atoms with Crippen molar-refractivity contribution in [3.05, 3.63) is 53.6 Å². The Hall–Kier alpha value is -3.10. The maximum atomic E-state index is 13.5. The average Bonchev–Trinajstić information content (AvgIpc) is 2.88. The number of hydrogen-bond donors (Lipinski definition) is 1. The van der Waals surface area contributed by atoms with E-state index in [-0.39, 0.29) is 24.0 Å². The number of aryl methyl sites for hydroxylation is 1. The molecule has 5 rings (SSSR count). The highest BCUT2D eigenvalue weighted by Crippen LogP contribution is 2.43. The van der Waals surface area contributed by atoms with Gasteiger partial charge in [-0.1, -0.05) is 24.6 Å². The molecule has 0 radical (unpaired) electrons. The SMILES string of the molecule is COCC1(C(=O)N2CC[C@@H]3OCc4cccc(c4)Oc4cc(ccc4OC)CCC(=O)N[C@@H]3C2)CCC1. The van der Waals surface area contributed by atoms with Crippen LogP contribution in [0.3, 0.4) is 0 Å². The Morgan fingerprint density at radius 1 is 1.14 bits per heavy atom. The molecule has 2 aliphatic heterocycles. The first-order valence-corrected chi connectivity index (χ1v) is 13.1. The Morgan fingerprint density at radius 3 is 2.76 bits per heavy atom. The highest BCUT2D eigenvalue weighted by molar-refractivity contribution is 5.84. The van der Waals surface area contributed by atoms with Crippen LogP contribution in [0.15, 0.2) is 42.5 Å². The number of benzene rings is 2. The van der Waals surface area contributed by atoms with Gasteiger partial charge in [0, 0.05) is 26.6 Å². The van der Waals surface area contributed by atoms with E-state index in [9.17, 15) is 9.59 Å². The highest BCUT2D eigenvalue weighted by atomic mass is 16.5. The first kappa shape index (κ1) is 25.5. The second-order valence-electron chi connectivity index (χ2n) is 10.4. The van der Waals surface area contributed by atoms with E-state index in [1.54, 1.807) is 14.2 Å². The predicted molar refractivity (Wildman–Crippen MR) is 138 cm³/mol. The molecule has 3 aliphatic rings. The maximum Gasteiger partial charge on any atom is 0.231 e. The first-order chi connectivity index (χ1) is 18.0. The van der Waals surface area contributed by atoms with Crippen LogP contribution in [0.2, 0.25) is 0 Å². The van der Waals surface area contributed by atoms with E-state index in [1.807, 2.05) is 47.4 Å². The van der Waals surface area contributed by atoms with Crippen molar-refractivity contribution < 1.29 is 28.5 Å². The van der Waals surface area contributed by atoms with Crippen LogP contribution >= 0.6 is 0 Å². The maximum absolute atomic E-state index is 13.5. The summed E-state index contributed by atoms with van der Waals surface area (Å²) in [6.07, 6.45) is 4.11. The third-order valence-corrected chi connectivity index (χ3v) is 7.83. The number of methoxy groups -OCH3 is 2. The number of hydrogen-bond acceptors (Lipinski definition) is 6. The molecule has 8 heteroatoms. The fraction of sp³-hybridized carbons (Fsp3) is 0.517. The number of amides is 2. The van der Waals surface area contributed by atoms with Gasteiger partial charge in [-0.2, -0.15) is 0 Å². The van der Waals surface area contributed by atoms with E-state index >= 15 is 0 Å². The quantitative estimate of drug-likeness (QED) is 0.675. The van der Waals surface area contributed by atoms with E-state index < -0.39 is 5.41 Å². The van der Waals surface area contributed by atoms with Gasteiger partial charge in [-0.25, -0.2) is 0 Å². The molecule has 2 amide bonds. The van der Waals surface area contributed by atoms with E-state index in [2.05, 4.69) is 5.32 Å². The summed E-state index contributed by atoms with van der Waals surface area (Å²) < 4.78 is 23.4. The molecule has 8 nitrogen and oxygen atoms in total. The van der Waals surface area contributed by atoms with Gasteiger partial charge in [-0.05, 0) is 61.1 Å². The molecule has 1 aliphatic carbocycles. The van der Waals surface area contributed by atoms with Crippen molar-refractivity contribution in [2.24, 2.45) is 5.41 Å². The summed E-state index contributed by atoms with van der Waals surface area (Å²) in [5.41, 5.74) is 1.54. The fourth-order valence-electron chi connectivity index (χ4n) is 5.61. The molecule has 37 heavy (non-hydrogen) atoms. The minimum atomic E-state index is -0.418. The van der Waals surface area contributed by atoms with Crippen molar-refractivity contribution in [1.82, 2.24) is 10.2 Å². The van der Waals surface area contributed by atoms with Gasteiger partial charge in [0.1, 0.15) is 5.75 Å². The van der Waals surface area contributed by atoms with Crippen molar-refractivity contribution in [1.29, 1.82) is 0 Å². The molecule has 2 heterocycles. The number of rotatable bonds is 4. The minimum Gasteiger partial charge on any atom is -0.493 e. The van der Waals surface area contributed by atoms with E-state index in [1.165, 1.54) is 0 Å². The monoisotopic (exact) mass is 508 g/mol. The highest BCUT2D eigenvalue weighted by Gasteiger charge is 2.48. The van der Waals surface area contributed by atoms with Crippen molar-refractivity contribution in [3.63, 3.8) is 0 Å². The summed E-state index contributed by atoms with van der Waals surface area (Å²) >= 11 is 0. The lowest BCUT2D eigenvalue weighted by Gasteiger charge is -2.46. The zero-order valence-electron chi connectivity index (χ0n) is 21.7. The van der Waals surface area contributed by atoms with Crippen molar-refractivity contribution in [3.8, 4) is 17.2 Å². The number of nitrogens with one attached hydrogen (secondary N) is 1. The lowest BCUT2D eigenvalue weighted by Crippen LogP contribution is -2.60. The molecule has 2 aromatic rings. The molecular weight excluding hydrogens is 472 g/mol. The Balaban J connectivity index is 1.37. The predicted octanol–water partition coefficient (Wildman–Crippen LogP) is 3.85. The van der Waals surface area contributed by atoms with Crippen LogP contribution in [0, 0.1) is 5.41 Å². The first-order valence-electron chi connectivity index (χ1n) is 13.1. The van der Waals surface area contributed by atoms with Crippen LogP contribution in [0.4, 0.5) is 0 Å². The molecule has 0 unspecified atom stereocenters. The lowest BCUT2D eigenvalue weighted by atomic mass is 9.68. The number of ether oxygens (including phenoxy) is 4. The van der Waals surface area contributed by atoms with E-state index in [0.29, 0.717) is 62.8 Å². The molecule has 198 valence electrons. The average molecular weight is 509 g/mol. The molecule has 4 bridgehead atoms. The number of nitrogens with zero attached hydrogens (tertiary/aromatic N) is 1. The van der Waals surface area contributed by atoms with Gasteiger partial charge < -0.3 is 29.2 Å². The summed E-state index contributed by atoms with van der Waals surface area (Å²) in [6.45, 7) is 1.88. The van der Waals surface area contributed by atoms with Crippen LogP contribution in [0.25, 0.3) is 0 Å². The molecule has 0 aromatic heterocycles. The van der Waals surface area contributed by atoms with E-state index in [0.717, 1.165) is 30.4 Å². The van der Waals surface area contributed by atoms with Gasteiger partial charge in [0.2, 0.25) is 11.8 Å². The van der Waals surface area contributed by atoms with Crippen molar-refractivity contribution in [2.75, 3.05) is 33.9 Å². The second kappa shape index (κ2) is 11.1.